The average molecular weight is 312 g/mol. The van der Waals surface area contributed by atoms with Gasteiger partial charge in [0.15, 0.2) is 0 Å². The maximum atomic E-state index is 12.6. The van der Waals surface area contributed by atoms with Crippen LogP contribution in [0.15, 0.2) is 26.6 Å². The molecule has 0 amide bonds. The second-order valence-corrected chi connectivity index (χ2v) is 3.85. The van der Waals surface area contributed by atoms with E-state index in [1.165, 1.54) is 21.0 Å². The maximum Gasteiger partial charge on any atom is 0.451 e. The van der Waals surface area contributed by atoms with E-state index < -0.39 is 24.6 Å². The minimum absolute atomic E-state index is 0.186. The molecule has 4 nitrogen and oxygen atoms in total. The largest absolute Gasteiger partial charge is 0.451 e. The predicted molar refractivity (Wildman–Crippen MR) is 73.6 cm³/mol. The van der Waals surface area contributed by atoms with E-state index in [1.54, 1.807) is 0 Å². The average Bonchev–Trinajstić information content (AvgIpc) is 2.38. The molecule has 0 aromatic carbocycles. The molecule has 1 N–H and O–H groups in total. The summed E-state index contributed by atoms with van der Waals surface area (Å²) in [6.07, 6.45) is -5.53. The van der Waals surface area contributed by atoms with E-state index in [9.17, 15) is 22.0 Å². The Balaban J connectivity index is 4.96. The number of aliphatic imine (C=N–C) groups is 3. The molecule has 21 heavy (non-hydrogen) atoms. The number of amidine groups is 1. The fourth-order valence-corrected chi connectivity index (χ4v) is 1.10. The highest BCUT2D eigenvalue weighted by Crippen LogP contribution is 2.18. The number of hydrogen-bond donors (Lipinski definition) is 1. The number of nitrogens with zero attached hydrogens (tertiary/aromatic N) is 3. The second-order valence-electron chi connectivity index (χ2n) is 3.85. The van der Waals surface area contributed by atoms with Crippen molar-refractivity contribution in [3.8, 4) is 0 Å². The van der Waals surface area contributed by atoms with E-state index in [0.717, 1.165) is 18.5 Å². The van der Waals surface area contributed by atoms with E-state index in [0.29, 0.717) is 0 Å². The maximum absolute atomic E-state index is 12.6. The number of halogens is 5. The van der Waals surface area contributed by atoms with Crippen molar-refractivity contribution in [3.63, 3.8) is 0 Å². The van der Waals surface area contributed by atoms with Crippen LogP contribution in [-0.2, 0) is 0 Å². The topological polar surface area (TPSA) is 49.1 Å². The molecule has 0 aromatic rings. The SMILES string of the molecule is CN=C/C(=C/CC=NC(=NC(C)NC)C(F)(F)F)C(F)F. The van der Waals surface area contributed by atoms with Gasteiger partial charge in [-0.25, -0.2) is 18.8 Å². The van der Waals surface area contributed by atoms with Gasteiger partial charge in [0.2, 0.25) is 5.84 Å². The Bertz CT molecular complexity index is 424. The van der Waals surface area contributed by atoms with Gasteiger partial charge in [0.25, 0.3) is 6.43 Å². The standard InChI is InChI=1S/C12H17F5N4/c1-8(19-3)21-11(12(15,16)17)20-6-4-5-9(7-18-2)10(13)14/h5-8,10,19H,4H2,1-3H3/b9-5-,18-7?,20-6?,21-11?. The lowest BCUT2D eigenvalue weighted by atomic mass is 10.2. The Labute approximate surface area is 119 Å². The van der Waals surface area contributed by atoms with Crippen molar-refractivity contribution < 1.29 is 22.0 Å². The van der Waals surface area contributed by atoms with Crippen LogP contribution in [0.5, 0.6) is 0 Å². The summed E-state index contributed by atoms with van der Waals surface area (Å²) in [5.74, 6) is -1.32. The molecular weight excluding hydrogens is 295 g/mol. The van der Waals surface area contributed by atoms with E-state index in [1.807, 2.05) is 0 Å². The van der Waals surface area contributed by atoms with Crippen molar-refractivity contribution in [2.75, 3.05) is 14.1 Å². The highest BCUT2D eigenvalue weighted by atomic mass is 19.4. The Kier molecular flexibility index (Phi) is 8.60. The van der Waals surface area contributed by atoms with Crippen LogP contribution in [-0.4, -0.2) is 51.1 Å². The summed E-state index contributed by atoms with van der Waals surface area (Å²) in [5.41, 5.74) is -0.377. The predicted octanol–water partition coefficient (Wildman–Crippen LogP) is 2.87. The highest BCUT2D eigenvalue weighted by molar-refractivity contribution is 5.94. The van der Waals surface area contributed by atoms with Gasteiger partial charge >= 0.3 is 6.18 Å². The van der Waals surface area contributed by atoms with Crippen molar-refractivity contribution in [2.45, 2.75) is 32.1 Å². The van der Waals surface area contributed by atoms with Crippen molar-refractivity contribution >= 4 is 18.3 Å². The van der Waals surface area contributed by atoms with E-state index >= 15 is 0 Å². The third kappa shape index (κ3) is 8.28. The number of nitrogens with one attached hydrogen (secondary N) is 1. The molecule has 0 rings (SSSR count). The normalized spacial score (nSPS) is 16.4. The molecular formula is C12H17F5N4. The molecule has 0 aliphatic heterocycles. The Morgan fingerprint density at radius 2 is 1.90 bits per heavy atom. The van der Waals surface area contributed by atoms with Crippen LogP contribution in [0.25, 0.3) is 0 Å². The zero-order valence-electron chi connectivity index (χ0n) is 11.8. The Morgan fingerprint density at radius 3 is 2.33 bits per heavy atom. The first-order valence-electron chi connectivity index (χ1n) is 5.97. The summed E-state index contributed by atoms with van der Waals surface area (Å²) >= 11 is 0. The summed E-state index contributed by atoms with van der Waals surface area (Å²) in [4.78, 5) is 9.97. The Morgan fingerprint density at radius 1 is 1.29 bits per heavy atom. The Hall–Kier alpha value is -1.64. The number of hydrogen-bond acceptors (Lipinski definition) is 3. The van der Waals surface area contributed by atoms with Crippen LogP contribution in [0.3, 0.4) is 0 Å². The lowest BCUT2D eigenvalue weighted by molar-refractivity contribution is -0.0601. The zero-order chi connectivity index (χ0) is 16.5. The molecule has 120 valence electrons. The first kappa shape index (κ1) is 19.4. The van der Waals surface area contributed by atoms with Crippen molar-refractivity contribution in [1.29, 1.82) is 0 Å². The van der Waals surface area contributed by atoms with Crippen molar-refractivity contribution in [2.24, 2.45) is 15.0 Å². The molecule has 0 aliphatic carbocycles. The molecule has 0 bridgehead atoms. The van der Waals surface area contributed by atoms with Crippen LogP contribution >= 0.6 is 0 Å². The first-order chi connectivity index (χ1) is 9.72. The summed E-state index contributed by atoms with van der Waals surface area (Å²) in [5, 5.41) is 2.52. The van der Waals surface area contributed by atoms with Gasteiger partial charge in [-0.2, -0.15) is 13.2 Å². The number of allylic oxidation sites excluding steroid dienone is 2. The number of alkyl halides is 5. The van der Waals surface area contributed by atoms with Gasteiger partial charge in [-0.05, 0) is 14.0 Å². The molecule has 0 aliphatic rings. The molecule has 0 spiro atoms. The first-order valence-corrected chi connectivity index (χ1v) is 5.97. The summed E-state index contributed by atoms with van der Waals surface area (Å²) < 4.78 is 62.8. The molecule has 1 unspecified atom stereocenters. The van der Waals surface area contributed by atoms with E-state index in [2.05, 4.69) is 20.3 Å². The molecule has 0 radical (unpaired) electrons. The second kappa shape index (κ2) is 9.32. The molecule has 1 atom stereocenters. The van der Waals surface area contributed by atoms with E-state index in [4.69, 9.17) is 0 Å². The molecule has 0 saturated heterocycles. The monoisotopic (exact) mass is 312 g/mol. The van der Waals surface area contributed by atoms with Crippen LogP contribution in [0.4, 0.5) is 22.0 Å². The van der Waals surface area contributed by atoms with Gasteiger partial charge in [-0.3, -0.25) is 10.3 Å². The zero-order valence-corrected chi connectivity index (χ0v) is 11.8. The minimum Gasteiger partial charge on any atom is -0.299 e. The molecule has 0 saturated carbocycles. The molecule has 9 heteroatoms. The minimum atomic E-state index is -4.71. The van der Waals surface area contributed by atoms with Gasteiger partial charge in [0, 0.05) is 31.5 Å². The molecule has 0 aromatic heterocycles. The van der Waals surface area contributed by atoms with Crippen molar-refractivity contribution in [1.82, 2.24) is 5.32 Å². The van der Waals surface area contributed by atoms with Crippen LogP contribution in [0, 0.1) is 0 Å². The number of rotatable bonds is 6. The van der Waals surface area contributed by atoms with Gasteiger partial charge in [-0.15, -0.1) is 0 Å². The third-order valence-electron chi connectivity index (χ3n) is 2.19. The van der Waals surface area contributed by atoms with Crippen LogP contribution in [0.1, 0.15) is 13.3 Å². The van der Waals surface area contributed by atoms with Crippen LogP contribution < -0.4 is 5.32 Å². The lowest BCUT2D eigenvalue weighted by Gasteiger charge is -2.09. The summed E-state index contributed by atoms with van der Waals surface area (Å²) in [6, 6.07) is 0. The summed E-state index contributed by atoms with van der Waals surface area (Å²) in [6.45, 7) is 1.42. The quantitative estimate of drug-likeness (QED) is 0.458. The molecule has 0 heterocycles. The van der Waals surface area contributed by atoms with Crippen LogP contribution in [0.2, 0.25) is 0 Å². The van der Waals surface area contributed by atoms with Gasteiger partial charge < -0.3 is 0 Å². The molecule has 0 fully saturated rings. The highest BCUT2D eigenvalue weighted by Gasteiger charge is 2.35. The fourth-order valence-electron chi connectivity index (χ4n) is 1.10. The fraction of sp³-hybridized carbons (Fsp3) is 0.583. The van der Waals surface area contributed by atoms with Gasteiger partial charge in [0.05, 0.1) is 6.17 Å². The van der Waals surface area contributed by atoms with E-state index in [-0.39, 0.29) is 12.0 Å². The third-order valence-corrected chi connectivity index (χ3v) is 2.19. The van der Waals surface area contributed by atoms with Gasteiger partial charge in [0.1, 0.15) is 0 Å². The lowest BCUT2D eigenvalue weighted by Crippen LogP contribution is -2.27. The van der Waals surface area contributed by atoms with Crippen molar-refractivity contribution in [3.05, 3.63) is 11.6 Å². The van der Waals surface area contributed by atoms with Gasteiger partial charge in [-0.1, -0.05) is 6.08 Å². The smallest absolute Gasteiger partial charge is 0.299 e. The summed E-state index contributed by atoms with van der Waals surface area (Å²) in [7, 11) is 2.77.